The predicted molar refractivity (Wildman–Crippen MR) is 39.8 cm³/mol. The predicted octanol–water partition coefficient (Wildman–Crippen LogP) is 1.10. The maximum Gasteiger partial charge on any atom is 0.0772 e. The van der Waals surface area contributed by atoms with E-state index in [-0.39, 0.29) is 6.10 Å². The molecule has 0 amide bonds. The van der Waals surface area contributed by atoms with Crippen molar-refractivity contribution in [2.24, 2.45) is 0 Å². The van der Waals surface area contributed by atoms with Crippen LogP contribution in [0.15, 0.2) is 11.6 Å². The Morgan fingerprint density at radius 3 is 3.20 bits per heavy atom. The second-order valence-electron chi connectivity index (χ2n) is 2.66. The monoisotopic (exact) mass is 142 g/mol. The second kappa shape index (κ2) is 3.74. The van der Waals surface area contributed by atoms with Crippen LogP contribution in [-0.4, -0.2) is 24.9 Å². The Morgan fingerprint density at radius 2 is 2.60 bits per heavy atom. The molecule has 0 aliphatic heterocycles. The Kier molecular flexibility index (Phi) is 2.90. The Morgan fingerprint density at radius 1 is 1.80 bits per heavy atom. The fourth-order valence-corrected chi connectivity index (χ4v) is 1.24. The maximum atomic E-state index is 9.35. The van der Waals surface area contributed by atoms with Crippen molar-refractivity contribution in [1.82, 2.24) is 0 Å². The Hall–Kier alpha value is -0.340. The summed E-state index contributed by atoms with van der Waals surface area (Å²) in [5.41, 5.74) is 1.05. The molecule has 0 saturated heterocycles. The topological polar surface area (TPSA) is 29.5 Å². The molecule has 0 heterocycles. The van der Waals surface area contributed by atoms with Crippen LogP contribution < -0.4 is 0 Å². The van der Waals surface area contributed by atoms with Crippen LogP contribution in [0, 0.1) is 0 Å². The molecule has 0 fully saturated rings. The van der Waals surface area contributed by atoms with Crippen LogP contribution in [0.1, 0.15) is 19.3 Å². The maximum absolute atomic E-state index is 9.35. The van der Waals surface area contributed by atoms with Crippen molar-refractivity contribution in [1.29, 1.82) is 0 Å². The van der Waals surface area contributed by atoms with E-state index >= 15 is 0 Å². The molecule has 1 unspecified atom stereocenters. The van der Waals surface area contributed by atoms with Gasteiger partial charge in [-0.15, -0.1) is 0 Å². The summed E-state index contributed by atoms with van der Waals surface area (Å²) in [5.74, 6) is 0. The van der Waals surface area contributed by atoms with Crippen LogP contribution in [0.5, 0.6) is 0 Å². The van der Waals surface area contributed by atoms with Crippen molar-refractivity contribution < 1.29 is 9.84 Å². The van der Waals surface area contributed by atoms with Crippen LogP contribution >= 0.6 is 0 Å². The molecule has 1 rings (SSSR count). The number of hydrogen-bond acceptors (Lipinski definition) is 2. The van der Waals surface area contributed by atoms with Gasteiger partial charge in [-0.2, -0.15) is 0 Å². The van der Waals surface area contributed by atoms with E-state index in [4.69, 9.17) is 4.74 Å². The van der Waals surface area contributed by atoms with E-state index in [0.29, 0.717) is 6.61 Å². The summed E-state index contributed by atoms with van der Waals surface area (Å²) in [6.45, 7) is 0.584. The van der Waals surface area contributed by atoms with Gasteiger partial charge in [-0.05, 0) is 24.8 Å². The van der Waals surface area contributed by atoms with Crippen LogP contribution in [0.2, 0.25) is 0 Å². The molecular weight excluding hydrogens is 128 g/mol. The second-order valence-corrected chi connectivity index (χ2v) is 2.66. The van der Waals surface area contributed by atoms with E-state index in [1.54, 1.807) is 7.11 Å². The first-order valence-electron chi connectivity index (χ1n) is 3.70. The molecule has 1 atom stereocenters. The summed E-state index contributed by atoms with van der Waals surface area (Å²) in [7, 11) is 1.65. The van der Waals surface area contributed by atoms with Crippen molar-refractivity contribution in [2.75, 3.05) is 13.7 Å². The minimum atomic E-state index is -0.242. The lowest BCUT2D eigenvalue weighted by atomic mass is 9.97. The molecule has 2 nitrogen and oxygen atoms in total. The normalized spacial score (nSPS) is 26.2. The molecule has 1 aliphatic carbocycles. The molecular formula is C8H14O2. The van der Waals surface area contributed by atoms with E-state index in [9.17, 15) is 5.11 Å². The molecule has 0 aromatic carbocycles. The van der Waals surface area contributed by atoms with E-state index in [0.717, 1.165) is 24.8 Å². The molecule has 0 radical (unpaired) electrons. The highest BCUT2D eigenvalue weighted by Gasteiger charge is 2.13. The van der Waals surface area contributed by atoms with Gasteiger partial charge in [0.2, 0.25) is 0 Å². The van der Waals surface area contributed by atoms with Crippen molar-refractivity contribution in [2.45, 2.75) is 25.4 Å². The summed E-state index contributed by atoms with van der Waals surface area (Å²) in [5, 5.41) is 9.35. The van der Waals surface area contributed by atoms with Gasteiger partial charge in [-0.25, -0.2) is 0 Å². The highest BCUT2D eigenvalue weighted by atomic mass is 16.5. The zero-order valence-corrected chi connectivity index (χ0v) is 6.34. The van der Waals surface area contributed by atoms with Gasteiger partial charge in [-0.3, -0.25) is 0 Å². The quantitative estimate of drug-likeness (QED) is 0.585. The minimum Gasteiger partial charge on any atom is -0.389 e. The largest absolute Gasteiger partial charge is 0.389 e. The zero-order chi connectivity index (χ0) is 7.40. The number of hydrogen-bond donors (Lipinski definition) is 1. The summed E-state index contributed by atoms with van der Waals surface area (Å²) in [4.78, 5) is 0. The third kappa shape index (κ3) is 1.82. The summed E-state index contributed by atoms with van der Waals surface area (Å²) in [6, 6.07) is 0. The van der Waals surface area contributed by atoms with Gasteiger partial charge in [-0.1, -0.05) is 6.08 Å². The lowest BCUT2D eigenvalue weighted by Gasteiger charge is -2.18. The van der Waals surface area contributed by atoms with Crippen molar-refractivity contribution >= 4 is 0 Å². The van der Waals surface area contributed by atoms with Crippen LogP contribution in [0.3, 0.4) is 0 Å². The molecule has 1 N–H and O–H groups in total. The average Bonchev–Trinajstić information content (AvgIpc) is 1.94. The van der Waals surface area contributed by atoms with E-state index in [1.165, 1.54) is 0 Å². The lowest BCUT2D eigenvalue weighted by Crippen LogP contribution is -2.17. The summed E-state index contributed by atoms with van der Waals surface area (Å²) < 4.78 is 4.92. The first-order valence-corrected chi connectivity index (χ1v) is 3.70. The molecule has 0 aromatic heterocycles. The van der Waals surface area contributed by atoms with Crippen LogP contribution in [-0.2, 0) is 4.74 Å². The van der Waals surface area contributed by atoms with E-state index in [1.807, 2.05) is 0 Å². The number of allylic oxidation sites excluding steroid dienone is 1. The van der Waals surface area contributed by atoms with Gasteiger partial charge in [0, 0.05) is 7.11 Å². The van der Waals surface area contributed by atoms with Gasteiger partial charge in [0.1, 0.15) is 0 Å². The van der Waals surface area contributed by atoms with Crippen molar-refractivity contribution in [3.8, 4) is 0 Å². The van der Waals surface area contributed by atoms with Gasteiger partial charge >= 0.3 is 0 Å². The molecule has 58 valence electrons. The Bertz CT molecular complexity index is 129. The molecule has 10 heavy (non-hydrogen) atoms. The average molecular weight is 142 g/mol. The first-order chi connectivity index (χ1) is 4.84. The molecule has 0 saturated carbocycles. The number of methoxy groups -OCH3 is 1. The third-order valence-corrected chi connectivity index (χ3v) is 1.83. The van der Waals surface area contributed by atoms with Crippen molar-refractivity contribution in [3.05, 3.63) is 11.6 Å². The standard InChI is InChI=1S/C8H14O2/c1-10-6-7-4-2-3-5-8(7)9/h4,8-9H,2-3,5-6H2,1H3. The lowest BCUT2D eigenvalue weighted by molar-refractivity contribution is 0.150. The number of aliphatic hydroxyl groups is 1. The zero-order valence-electron chi connectivity index (χ0n) is 6.34. The van der Waals surface area contributed by atoms with Crippen molar-refractivity contribution in [3.63, 3.8) is 0 Å². The molecule has 2 heteroatoms. The number of rotatable bonds is 2. The molecule has 1 aliphatic rings. The Labute approximate surface area is 61.5 Å². The van der Waals surface area contributed by atoms with E-state index in [2.05, 4.69) is 6.08 Å². The molecule has 0 spiro atoms. The van der Waals surface area contributed by atoms with E-state index < -0.39 is 0 Å². The number of aliphatic hydroxyl groups excluding tert-OH is 1. The highest BCUT2D eigenvalue weighted by Crippen LogP contribution is 2.17. The fraction of sp³-hybridized carbons (Fsp3) is 0.750. The Balaban J connectivity index is 2.44. The third-order valence-electron chi connectivity index (χ3n) is 1.83. The van der Waals surface area contributed by atoms with Crippen LogP contribution in [0.25, 0.3) is 0 Å². The van der Waals surface area contributed by atoms with Gasteiger partial charge in [0.25, 0.3) is 0 Å². The number of ether oxygens (including phenoxy) is 1. The SMILES string of the molecule is COCC1=CCCCC1O. The van der Waals surface area contributed by atoms with Gasteiger partial charge < -0.3 is 9.84 Å². The smallest absolute Gasteiger partial charge is 0.0772 e. The molecule has 0 aromatic rings. The highest BCUT2D eigenvalue weighted by molar-refractivity contribution is 5.11. The minimum absolute atomic E-state index is 0.242. The fourth-order valence-electron chi connectivity index (χ4n) is 1.24. The van der Waals surface area contributed by atoms with Crippen LogP contribution in [0.4, 0.5) is 0 Å². The van der Waals surface area contributed by atoms with Gasteiger partial charge in [0.15, 0.2) is 0 Å². The summed E-state index contributed by atoms with van der Waals surface area (Å²) in [6.07, 6.45) is 4.94. The molecule has 0 bridgehead atoms. The first kappa shape index (κ1) is 7.76. The summed E-state index contributed by atoms with van der Waals surface area (Å²) >= 11 is 0. The van der Waals surface area contributed by atoms with Gasteiger partial charge in [0.05, 0.1) is 12.7 Å².